The molecule has 12 nitrogen and oxygen atoms in total. The van der Waals surface area contributed by atoms with Crippen LogP contribution in [0.3, 0.4) is 0 Å². The molecular weight excluding hydrogens is 643 g/mol. The quantitative estimate of drug-likeness (QED) is 0.0911. The van der Waals surface area contributed by atoms with Gasteiger partial charge in [-0.2, -0.15) is 5.10 Å². The molecule has 0 saturated carbocycles. The number of rotatable bonds is 9. The summed E-state index contributed by atoms with van der Waals surface area (Å²) in [6.45, 7) is 9.82. The number of piperazine rings is 1. The van der Waals surface area contributed by atoms with Crippen molar-refractivity contribution < 1.29 is 19.1 Å². The van der Waals surface area contributed by atoms with Crippen LogP contribution in [0.15, 0.2) is 80.4 Å². The normalized spacial score (nSPS) is 13.9. The molecule has 13 heteroatoms. The van der Waals surface area contributed by atoms with Gasteiger partial charge in [0.1, 0.15) is 16.3 Å². The minimum atomic E-state index is -0.485. The van der Waals surface area contributed by atoms with Gasteiger partial charge in [0.2, 0.25) is 0 Å². The van der Waals surface area contributed by atoms with Crippen molar-refractivity contribution >= 4 is 51.8 Å². The van der Waals surface area contributed by atoms with Crippen LogP contribution in [0.5, 0.6) is 5.75 Å². The Hall–Kier alpha value is -5.37. The lowest BCUT2D eigenvalue weighted by molar-refractivity contribution is -0.122. The summed E-state index contributed by atoms with van der Waals surface area (Å²) < 4.78 is 5.14. The summed E-state index contributed by atoms with van der Waals surface area (Å²) in [5.41, 5.74) is 9.15. The second-order valence-corrected chi connectivity index (χ2v) is 13.0. The van der Waals surface area contributed by atoms with E-state index in [9.17, 15) is 19.5 Å². The zero-order chi connectivity index (χ0) is 34.5. The van der Waals surface area contributed by atoms with Crippen LogP contribution in [0.25, 0.3) is 21.5 Å². The van der Waals surface area contributed by atoms with Gasteiger partial charge in [0, 0.05) is 78.1 Å². The van der Waals surface area contributed by atoms with Gasteiger partial charge in [-0.3, -0.25) is 14.6 Å². The molecule has 252 valence electrons. The van der Waals surface area contributed by atoms with Crippen molar-refractivity contribution in [3.63, 3.8) is 0 Å². The zero-order valence-electron chi connectivity index (χ0n) is 27.4. The highest BCUT2D eigenvalue weighted by Gasteiger charge is 2.20. The Morgan fingerprint density at radius 1 is 0.918 bits per heavy atom. The Kier molecular flexibility index (Phi) is 10.1. The summed E-state index contributed by atoms with van der Waals surface area (Å²) in [6.07, 6.45) is 1.37. The second-order valence-electron chi connectivity index (χ2n) is 12.1. The first-order valence-corrected chi connectivity index (χ1v) is 16.7. The van der Waals surface area contributed by atoms with Crippen LogP contribution in [0.2, 0.25) is 0 Å². The predicted octanol–water partition coefficient (Wildman–Crippen LogP) is 5.46. The van der Waals surface area contributed by atoms with Crippen LogP contribution in [0.4, 0.5) is 16.2 Å². The molecule has 1 fully saturated rings. The SMILES string of the molecule is Cc1ccc(NC(=O)Nc2ccc(-c3nc(CN4CCN(CC(=O)N/N=C/c5cc6c(C)cc(=O)oc6cc5O)CC4)cs3)cc2)cc1C. The van der Waals surface area contributed by atoms with Crippen LogP contribution in [0, 0.1) is 20.8 Å². The van der Waals surface area contributed by atoms with Gasteiger partial charge in [0.05, 0.1) is 18.5 Å². The van der Waals surface area contributed by atoms with E-state index in [1.807, 2.05) is 56.3 Å². The number of nitrogens with one attached hydrogen (secondary N) is 3. The minimum absolute atomic E-state index is 0.108. The zero-order valence-corrected chi connectivity index (χ0v) is 28.3. The number of aromatic hydroxyl groups is 1. The molecule has 0 aliphatic carbocycles. The van der Waals surface area contributed by atoms with E-state index in [-0.39, 0.29) is 29.8 Å². The first-order valence-electron chi connectivity index (χ1n) is 15.8. The molecular formula is C36H37N7O5S. The number of aryl methyl sites for hydroxylation is 3. The fourth-order valence-electron chi connectivity index (χ4n) is 5.54. The van der Waals surface area contributed by atoms with Crippen molar-refractivity contribution in [2.45, 2.75) is 27.3 Å². The van der Waals surface area contributed by atoms with E-state index in [1.54, 1.807) is 24.3 Å². The van der Waals surface area contributed by atoms with Crippen LogP contribution in [-0.4, -0.2) is 70.8 Å². The monoisotopic (exact) mass is 679 g/mol. The lowest BCUT2D eigenvalue weighted by atomic mass is 10.1. The fourth-order valence-corrected chi connectivity index (χ4v) is 6.36. The van der Waals surface area contributed by atoms with Gasteiger partial charge in [0.25, 0.3) is 5.91 Å². The van der Waals surface area contributed by atoms with E-state index in [4.69, 9.17) is 9.40 Å². The maximum absolute atomic E-state index is 12.5. The topological polar surface area (TPSA) is 152 Å². The number of carbonyl (C=O) groups is 2. The number of carbonyl (C=O) groups excluding carboxylic acids is 2. The van der Waals surface area contributed by atoms with Crippen molar-refractivity contribution in [2.24, 2.45) is 5.10 Å². The number of amides is 3. The highest BCUT2D eigenvalue weighted by Crippen LogP contribution is 2.27. The summed E-state index contributed by atoms with van der Waals surface area (Å²) in [5, 5.41) is 23.7. The Morgan fingerprint density at radius 2 is 1.63 bits per heavy atom. The third-order valence-electron chi connectivity index (χ3n) is 8.42. The maximum atomic E-state index is 12.5. The molecule has 1 saturated heterocycles. The van der Waals surface area contributed by atoms with Gasteiger partial charge < -0.3 is 20.2 Å². The lowest BCUT2D eigenvalue weighted by Crippen LogP contribution is -2.48. The molecule has 3 amide bonds. The molecule has 3 heterocycles. The predicted molar refractivity (Wildman–Crippen MR) is 192 cm³/mol. The molecule has 5 aromatic rings. The summed E-state index contributed by atoms with van der Waals surface area (Å²) in [6, 6.07) is 17.6. The van der Waals surface area contributed by atoms with Crippen LogP contribution >= 0.6 is 11.3 Å². The van der Waals surface area contributed by atoms with Gasteiger partial charge in [-0.15, -0.1) is 11.3 Å². The van der Waals surface area contributed by atoms with Crippen LogP contribution in [0.1, 0.15) is 27.9 Å². The van der Waals surface area contributed by atoms with E-state index >= 15 is 0 Å². The largest absolute Gasteiger partial charge is 0.507 e. The average Bonchev–Trinajstić information content (AvgIpc) is 3.53. The van der Waals surface area contributed by atoms with Crippen molar-refractivity contribution in [1.29, 1.82) is 0 Å². The number of benzene rings is 3. The number of phenols is 1. The van der Waals surface area contributed by atoms with Crippen molar-refractivity contribution in [3.8, 4) is 16.3 Å². The molecule has 2 aromatic heterocycles. The number of thiazole rings is 1. The van der Waals surface area contributed by atoms with Gasteiger partial charge in [-0.05, 0) is 79.9 Å². The highest BCUT2D eigenvalue weighted by atomic mass is 32.1. The summed E-state index contributed by atoms with van der Waals surface area (Å²) in [4.78, 5) is 45.8. The number of anilines is 2. The van der Waals surface area contributed by atoms with E-state index in [0.717, 1.165) is 65.8 Å². The van der Waals surface area contributed by atoms with Crippen molar-refractivity contribution in [1.82, 2.24) is 20.2 Å². The molecule has 0 bridgehead atoms. The van der Waals surface area contributed by atoms with E-state index in [1.165, 1.54) is 23.9 Å². The number of fused-ring (bicyclic) bond motifs is 1. The van der Waals surface area contributed by atoms with E-state index < -0.39 is 5.63 Å². The average molecular weight is 680 g/mol. The molecule has 0 spiro atoms. The van der Waals surface area contributed by atoms with Gasteiger partial charge in [-0.1, -0.05) is 6.07 Å². The molecule has 49 heavy (non-hydrogen) atoms. The molecule has 1 aliphatic rings. The highest BCUT2D eigenvalue weighted by molar-refractivity contribution is 7.13. The Balaban J connectivity index is 0.936. The number of nitrogens with zero attached hydrogens (tertiary/aromatic N) is 4. The number of urea groups is 1. The molecule has 6 rings (SSSR count). The van der Waals surface area contributed by atoms with Crippen molar-refractivity contribution in [3.05, 3.63) is 104 Å². The Morgan fingerprint density at radius 3 is 2.39 bits per heavy atom. The molecule has 3 aromatic carbocycles. The first kappa shape index (κ1) is 33.5. The lowest BCUT2D eigenvalue weighted by Gasteiger charge is -2.33. The second kappa shape index (κ2) is 14.8. The maximum Gasteiger partial charge on any atom is 0.336 e. The summed E-state index contributed by atoms with van der Waals surface area (Å²) in [7, 11) is 0. The van der Waals surface area contributed by atoms with E-state index in [2.05, 4.69) is 36.3 Å². The van der Waals surface area contributed by atoms with Crippen molar-refractivity contribution in [2.75, 3.05) is 43.4 Å². The van der Waals surface area contributed by atoms with Gasteiger partial charge in [0.15, 0.2) is 0 Å². The minimum Gasteiger partial charge on any atom is -0.507 e. The Bertz CT molecular complexity index is 2080. The summed E-state index contributed by atoms with van der Waals surface area (Å²) in [5.74, 6) is -0.358. The van der Waals surface area contributed by atoms with Crippen LogP contribution in [-0.2, 0) is 11.3 Å². The van der Waals surface area contributed by atoms with Crippen LogP contribution < -0.4 is 21.7 Å². The van der Waals surface area contributed by atoms with Gasteiger partial charge >= 0.3 is 11.7 Å². The number of hydrazone groups is 1. The summed E-state index contributed by atoms with van der Waals surface area (Å²) >= 11 is 1.59. The molecule has 4 N–H and O–H groups in total. The van der Waals surface area contributed by atoms with E-state index in [0.29, 0.717) is 16.6 Å². The molecule has 1 aliphatic heterocycles. The number of hydrogen-bond donors (Lipinski definition) is 4. The smallest absolute Gasteiger partial charge is 0.336 e. The third-order valence-corrected chi connectivity index (χ3v) is 9.36. The number of phenolic OH excluding ortho intramolecular Hbond substituents is 1. The third kappa shape index (κ3) is 8.57. The number of hydrogen-bond acceptors (Lipinski definition) is 10. The number of aromatic nitrogens is 1. The molecule has 0 unspecified atom stereocenters. The molecule has 0 atom stereocenters. The fraction of sp³-hybridized carbons (Fsp3) is 0.250. The molecule has 0 radical (unpaired) electrons. The van der Waals surface area contributed by atoms with Gasteiger partial charge in [-0.25, -0.2) is 20.0 Å². The standard InChI is InChI=1S/C36H37N7O5S/c1-22-4-7-28(14-23(22)2)40-36(47)39-27-8-5-25(6-9-27)35-38-29(21-49-35)19-42-10-12-43(13-11-42)20-33(45)41-37-18-26-16-30-24(3)15-34(46)48-32(30)17-31(26)44/h4-9,14-18,21,44H,10-13,19-20H2,1-3H3,(H,41,45)(H2,39,40,47)/b37-18+. The first-order chi connectivity index (χ1) is 23.6. The Labute approximate surface area is 287 Å².